The van der Waals surface area contributed by atoms with Crippen molar-refractivity contribution >= 4 is 11.6 Å². The molecule has 110 valence electrons. The average molecular weight is 289 g/mol. The van der Waals surface area contributed by atoms with Crippen LogP contribution in [-0.2, 0) is 6.54 Å². The quantitative estimate of drug-likeness (QED) is 0.581. The molecular formula is C15H16FN3O2. The Morgan fingerprint density at radius 2 is 1.95 bits per heavy atom. The van der Waals surface area contributed by atoms with Gasteiger partial charge in [-0.15, -0.1) is 0 Å². The minimum atomic E-state index is -0.574. The Labute approximate surface area is 121 Å². The van der Waals surface area contributed by atoms with Crippen LogP contribution in [0.2, 0.25) is 0 Å². The zero-order valence-electron chi connectivity index (χ0n) is 11.5. The predicted octanol–water partition coefficient (Wildman–Crippen LogP) is 2.05. The number of nitrogen functional groups attached to an aromatic ring is 1. The number of nitrogens with one attached hydrogen (secondary N) is 2. The number of hydrazine groups is 1. The molecule has 0 aliphatic rings. The molecule has 0 bridgehead atoms. The highest BCUT2D eigenvalue weighted by Gasteiger charge is 2.13. The second-order valence-corrected chi connectivity index (χ2v) is 4.34. The summed E-state index contributed by atoms with van der Waals surface area (Å²) in [6.07, 6.45) is 0. The highest BCUT2D eigenvalue weighted by molar-refractivity contribution is 5.99. The number of nitrogens with two attached hydrogens (primary N) is 1. The van der Waals surface area contributed by atoms with Gasteiger partial charge in [0.2, 0.25) is 0 Å². The monoisotopic (exact) mass is 289 g/mol. The van der Waals surface area contributed by atoms with Crippen molar-refractivity contribution in [2.45, 2.75) is 6.54 Å². The van der Waals surface area contributed by atoms with Gasteiger partial charge in [-0.25, -0.2) is 4.39 Å². The van der Waals surface area contributed by atoms with Gasteiger partial charge in [-0.3, -0.25) is 10.6 Å². The molecule has 4 N–H and O–H groups in total. The van der Waals surface area contributed by atoms with Gasteiger partial charge >= 0.3 is 0 Å². The van der Waals surface area contributed by atoms with Crippen LogP contribution < -0.4 is 21.3 Å². The molecule has 0 heterocycles. The number of amides is 1. The van der Waals surface area contributed by atoms with Crippen molar-refractivity contribution in [3.05, 3.63) is 59.4 Å². The second-order valence-electron chi connectivity index (χ2n) is 4.34. The first-order chi connectivity index (χ1) is 10.2. The molecule has 2 aromatic carbocycles. The Bertz CT molecular complexity index is 629. The SMILES string of the molecule is COc1ccc(CNC(=O)c2cccc(F)c2NN)cc1. The summed E-state index contributed by atoms with van der Waals surface area (Å²) in [4.78, 5) is 12.1. The minimum Gasteiger partial charge on any atom is -0.497 e. The third kappa shape index (κ3) is 3.49. The Morgan fingerprint density at radius 1 is 1.24 bits per heavy atom. The smallest absolute Gasteiger partial charge is 0.253 e. The van der Waals surface area contributed by atoms with Crippen molar-refractivity contribution in [2.75, 3.05) is 12.5 Å². The summed E-state index contributed by atoms with van der Waals surface area (Å²) >= 11 is 0. The van der Waals surface area contributed by atoms with E-state index in [1.807, 2.05) is 12.1 Å². The number of halogens is 1. The number of carbonyl (C=O) groups excluding carboxylic acids is 1. The highest BCUT2D eigenvalue weighted by atomic mass is 19.1. The van der Waals surface area contributed by atoms with Crippen molar-refractivity contribution in [3.8, 4) is 5.75 Å². The van der Waals surface area contributed by atoms with E-state index < -0.39 is 11.7 Å². The number of hydrogen-bond donors (Lipinski definition) is 3. The lowest BCUT2D eigenvalue weighted by Gasteiger charge is -2.10. The average Bonchev–Trinajstić information content (AvgIpc) is 2.52. The molecule has 0 fully saturated rings. The Balaban J connectivity index is 2.06. The van der Waals surface area contributed by atoms with Gasteiger partial charge in [0, 0.05) is 6.54 Å². The van der Waals surface area contributed by atoms with Crippen LogP contribution in [-0.4, -0.2) is 13.0 Å². The highest BCUT2D eigenvalue weighted by Crippen LogP contribution is 2.18. The van der Waals surface area contributed by atoms with E-state index in [-0.39, 0.29) is 11.3 Å². The van der Waals surface area contributed by atoms with E-state index in [4.69, 9.17) is 10.6 Å². The third-order valence-corrected chi connectivity index (χ3v) is 3.01. The summed E-state index contributed by atoms with van der Waals surface area (Å²) in [6, 6.07) is 11.5. The number of anilines is 1. The number of ether oxygens (including phenoxy) is 1. The van der Waals surface area contributed by atoms with Crippen LogP contribution in [0.5, 0.6) is 5.75 Å². The number of hydrogen-bond acceptors (Lipinski definition) is 4. The van der Waals surface area contributed by atoms with Crippen molar-refractivity contribution in [3.63, 3.8) is 0 Å². The summed E-state index contributed by atoms with van der Waals surface area (Å²) in [7, 11) is 1.59. The van der Waals surface area contributed by atoms with E-state index in [0.29, 0.717) is 6.54 Å². The van der Waals surface area contributed by atoms with Gasteiger partial charge in [0.1, 0.15) is 11.6 Å². The molecule has 6 heteroatoms. The maximum Gasteiger partial charge on any atom is 0.253 e. The third-order valence-electron chi connectivity index (χ3n) is 3.01. The summed E-state index contributed by atoms with van der Waals surface area (Å²) in [5.41, 5.74) is 3.25. The van der Waals surface area contributed by atoms with E-state index in [1.165, 1.54) is 18.2 Å². The molecule has 2 aromatic rings. The van der Waals surface area contributed by atoms with Gasteiger partial charge in [0.05, 0.1) is 18.4 Å². The van der Waals surface area contributed by atoms with Crippen LogP contribution in [0.25, 0.3) is 0 Å². The number of carbonyl (C=O) groups is 1. The first-order valence-electron chi connectivity index (χ1n) is 6.32. The fourth-order valence-electron chi connectivity index (χ4n) is 1.88. The normalized spacial score (nSPS) is 10.0. The van der Waals surface area contributed by atoms with Crippen molar-refractivity contribution < 1.29 is 13.9 Å². The van der Waals surface area contributed by atoms with Gasteiger partial charge in [-0.1, -0.05) is 18.2 Å². The first kappa shape index (κ1) is 14.8. The molecule has 0 aromatic heterocycles. The lowest BCUT2D eigenvalue weighted by Crippen LogP contribution is -2.25. The Morgan fingerprint density at radius 3 is 2.57 bits per heavy atom. The van der Waals surface area contributed by atoms with Gasteiger partial charge in [-0.05, 0) is 29.8 Å². The fourth-order valence-corrected chi connectivity index (χ4v) is 1.88. The maximum atomic E-state index is 13.5. The minimum absolute atomic E-state index is 0.0234. The van der Waals surface area contributed by atoms with E-state index in [1.54, 1.807) is 19.2 Å². The standard InChI is InChI=1S/C15H16FN3O2/c1-21-11-7-5-10(6-8-11)9-18-15(20)12-3-2-4-13(16)14(12)19-17/h2-8,19H,9,17H2,1H3,(H,18,20). The van der Waals surface area contributed by atoms with Crippen molar-refractivity contribution in [2.24, 2.45) is 5.84 Å². The second kappa shape index (κ2) is 6.71. The van der Waals surface area contributed by atoms with Gasteiger partial charge in [-0.2, -0.15) is 0 Å². The topological polar surface area (TPSA) is 76.4 Å². The van der Waals surface area contributed by atoms with Crippen molar-refractivity contribution in [1.82, 2.24) is 5.32 Å². The number of methoxy groups -OCH3 is 1. The summed E-state index contributed by atoms with van der Waals surface area (Å²) in [5.74, 6) is 5.01. The van der Waals surface area contributed by atoms with Crippen LogP contribution in [0.1, 0.15) is 15.9 Å². The van der Waals surface area contributed by atoms with Gasteiger partial charge in [0.15, 0.2) is 0 Å². The van der Waals surface area contributed by atoms with Crippen LogP contribution in [0.15, 0.2) is 42.5 Å². The number of rotatable bonds is 5. The molecule has 21 heavy (non-hydrogen) atoms. The van der Waals surface area contributed by atoms with E-state index in [2.05, 4.69) is 10.7 Å². The van der Waals surface area contributed by atoms with Crippen LogP contribution in [0.3, 0.4) is 0 Å². The fraction of sp³-hybridized carbons (Fsp3) is 0.133. The number of benzene rings is 2. The molecule has 1 amide bonds. The molecular weight excluding hydrogens is 273 g/mol. The summed E-state index contributed by atoms with van der Waals surface area (Å²) in [5, 5.41) is 2.71. The molecule has 0 saturated carbocycles. The first-order valence-corrected chi connectivity index (χ1v) is 6.32. The Hall–Kier alpha value is -2.60. The molecule has 2 rings (SSSR count). The van der Waals surface area contributed by atoms with Crippen molar-refractivity contribution in [1.29, 1.82) is 0 Å². The molecule has 0 aliphatic heterocycles. The molecule has 0 atom stereocenters. The molecule has 0 aliphatic carbocycles. The summed E-state index contributed by atoms with van der Waals surface area (Å²) in [6.45, 7) is 0.323. The van der Waals surface area contributed by atoms with Gasteiger partial charge in [0.25, 0.3) is 5.91 Å². The Kier molecular flexibility index (Phi) is 4.73. The lowest BCUT2D eigenvalue weighted by molar-refractivity contribution is 0.0951. The molecule has 0 radical (unpaired) electrons. The van der Waals surface area contributed by atoms with Gasteiger partial charge < -0.3 is 15.5 Å². The zero-order valence-corrected chi connectivity index (χ0v) is 11.5. The number of para-hydroxylation sites is 1. The van der Waals surface area contributed by atoms with E-state index >= 15 is 0 Å². The molecule has 0 unspecified atom stereocenters. The van der Waals surface area contributed by atoms with Crippen LogP contribution in [0, 0.1) is 5.82 Å². The van der Waals surface area contributed by atoms with Crippen LogP contribution in [0.4, 0.5) is 10.1 Å². The molecule has 0 saturated heterocycles. The molecule has 5 nitrogen and oxygen atoms in total. The van der Waals surface area contributed by atoms with Crippen LogP contribution >= 0.6 is 0 Å². The van der Waals surface area contributed by atoms with E-state index in [9.17, 15) is 9.18 Å². The summed E-state index contributed by atoms with van der Waals surface area (Å²) < 4.78 is 18.6. The van der Waals surface area contributed by atoms with E-state index in [0.717, 1.165) is 11.3 Å². The lowest BCUT2D eigenvalue weighted by atomic mass is 10.1. The maximum absolute atomic E-state index is 13.5. The largest absolute Gasteiger partial charge is 0.497 e. The predicted molar refractivity (Wildman–Crippen MR) is 78.4 cm³/mol. The molecule has 0 spiro atoms. The zero-order chi connectivity index (χ0) is 15.2.